The Hall–Kier alpha value is -1.66. The fourth-order valence-electron chi connectivity index (χ4n) is 2.71. The van der Waals surface area contributed by atoms with Crippen LogP contribution in [0, 0.1) is 0 Å². The van der Waals surface area contributed by atoms with Gasteiger partial charge in [0, 0.05) is 11.9 Å². The molecule has 0 bridgehead atoms. The third kappa shape index (κ3) is 5.42. The van der Waals surface area contributed by atoms with E-state index >= 15 is 0 Å². The third-order valence-electron chi connectivity index (χ3n) is 3.99. The van der Waals surface area contributed by atoms with E-state index in [9.17, 15) is 4.79 Å². The number of carbonyl (C=O) groups is 1. The highest BCUT2D eigenvalue weighted by Crippen LogP contribution is 2.20. The van der Waals surface area contributed by atoms with Crippen molar-refractivity contribution in [1.29, 1.82) is 0 Å². The van der Waals surface area contributed by atoms with Gasteiger partial charge in [-0.1, -0.05) is 43.3 Å². The van der Waals surface area contributed by atoms with Crippen LogP contribution in [-0.4, -0.2) is 17.4 Å². The minimum atomic E-state index is -0.189. The van der Waals surface area contributed by atoms with Crippen LogP contribution >= 0.6 is 36.2 Å². The lowest BCUT2D eigenvalue weighted by atomic mass is 10.0. The van der Waals surface area contributed by atoms with Crippen molar-refractivity contribution >= 4 is 52.8 Å². The second-order valence-corrected chi connectivity index (χ2v) is 6.67. The molecular weight excluding hydrogens is 389 g/mol. The zero-order valence-electron chi connectivity index (χ0n) is 14.5. The van der Waals surface area contributed by atoms with Crippen LogP contribution in [0.25, 0.3) is 10.8 Å². The number of thiazole rings is 1. The number of aryl methyl sites for hydroxylation is 1. The van der Waals surface area contributed by atoms with E-state index in [4.69, 9.17) is 5.73 Å². The number of carbonyl (C=O) groups excluding carboxylic acids is 1. The van der Waals surface area contributed by atoms with Crippen molar-refractivity contribution in [2.75, 3.05) is 6.54 Å². The van der Waals surface area contributed by atoms with Crippen molar-refractivity contribution in [1.82, 2.24) is 10.3 Å². The normalized spacial score (nSPS) is 11.3. The van der Waals surface area contributed by atoms with Crippen LogP contribution in [0.1, 0.15) is 29.2 Å². The summed E-state index contributed by atoms with van der Waals surface area (Å²) in [5.41, 5.74) is 7.74. The minimum Gasteiger partial charge on any atom is -0.348 e. The standard InChI is InChI=1S/C19H21N3OS.2ClH/c1-2-19-21-16(12-24-19)10-18(23)22-17(11-20)15-8-7-13-5-3-4-6-14(13)9-15;;/h3-9,12,17H,2,10-11,20H2,1H3,(H,22,23);2*1H. The average Bonchev–Trinajstić information content (AvgIpc) is 3.06. The summed E-state index contributed by atoms with van der Waals surface area (Å²) in [5, 5.41) is 8.36. The highest BCUT2D eigenvalue weighted by atomic mass is 35.5. The van der Waals surface area contributed by atoms with Crippen molar-refractivity contribution in [2.24, 2.45) is 5.73 Å². The molecule has 3 rings (SSSR count). The molecule has 1 amide bonds. The summed E-state index contributed by atoms with van der Waals surface area (Å²) in [5.74, 6) is -0.0495. The van der Waals surface area contributed by atoms with Gasteiger partial charge >= 0.3 is 0 Å². The maximum absolute atomic E-state index is 12.3. The van der Waals surface area contributed by atoms with Gasteiger partial charge in [0.15, 0.2) is 0 Å². The number of amides is 1. The van der Waals surface area contributed by atoms with Crippen LogP contribution in [0.4, 0.5) is 0 Å². The highest BCUT2D eigenvalue weighted by Gasteiger charge is 2.15. The molecule has 0 fully saturated rings. The molecule has 3 N–H and O–H groups in total. The lowest BCUT2D eigenvalue weighted by Crippen LogP contribution is -2.34. The maximum Gasteiger partial charge on any atom is 0.226 e. The molecular formula is C19H23Cl2N3OS. The molecule has 0 saturated carbocycles. The van der Waals surface area contributed by atoms with Crippen LogP contribution in [0.15, 0.2) is 47.8 Å². The Bertz CT molecular complexity index is 853. The molecule has 1 unspecified atom stereocenters. The van der Waals surface area contributed by atoms with Crippen molar-refractivity contribution in [3.63, 3.8) is 0 Å². The smallest absolute Gasteiger partial charge is 0.226 e. The van der Waals surface area contributed by atoms with E-state index in [1.54, 1.807) is 11.3 Å². The Morgan fingerprint density at radius 2 is 1.92 bits per heavy atom. The topological polar surface area (TPSA) is 68.0 Å². The van der Waals surface area contributed by atoms with Gasteiger partial charge in [0.05, 0.1) is 23.2 Å². The summed E-state index contributed by atoms with van der Waals surface area (Å²) in [6.45, 7) is 2.42. The molecule has 1 heterocycles. The van der Waals surface area contributed by atoms with Crippen LogP contribution < -0.4 is 11.1 Å². The molecule has 26 heavy (non-hydrogen) atoms. The first kappa shape index (κ1) is 22.4. The Labute approximate surface area is 170 Å². The Kier molecular flexibility index (Phi) is 9.02. The Balaban J connectivity index is 0.00000169. The molecule has 0 aliphatic carbocycles. The van der Waals surface area contributed by atoms with Gasteiger partial charge in [0.1, 0.15) is 0 Å². The van der Waals surface area contributed by atoms with Gasteiger partial charge in [-0.25, -0.2) is 4.98 Å². The predicted molar refractivity (Wildman–Crippen MR) is 114 cm³/mol. The first-order valence-electron chi connectivity index (χ1n) is 8.11. The molecule has 0 aliphatic heterocycles. The van der Waals surface area contributed by atoms with Gasteiger partial charge < -0.3 is 11.1 Å². The zero-order valence-corrected chi connectivity index (χ0v) is 16.9. The van der Waals surface area contributed by atoms with E-state index in [-0.39, 0.29) is 36.8 Å². The van der Waals surface area contributed by atoms with Crippen molar-refractivity contribution in [2.45, 2.75) is 25.8 Å². The van der Waals surface area contributed by atoms with E-state index in [1.165, 1.54) is 5.39 Å². The van der Waals surface area contributed by atoms with Crippen LogP contribution in [0.2, 0.25) is 0 Å². The molecule has 1 aromatic heterocycles. The number of nitrogens with two attached hydrogens (primary N) is 1. The van der Waals surface area contributed by atoms with Crippen LogP contribution in [-0.2, 0) is 17.6 Å². The largest absolute Gasteiger partial charge is 0.348 e. The number of nitrogens with zero attached hydrogens (tertiary/aromatic N) is 1. The summed E-state index contributed by atoms with van der Waals surface area (Å²) >= 11 is 1.60. The van der Waals surface area contributed by atoms with Gasteiger partial charge in [-0.3, -0.25) is 4.79 Å². The van der Waals surface area contributed by atoms with Crippen molar-refractivity contribution in [3.05, 3.63) is 64.1 Å². The van der Waals surface area contributed by atoms with Gasteiger partial charge in [0.2, 0.25) is 5.91 Å². The molecule has 3 aromatic rings. The first-order valence-corrected chi connectivity index (χ1v) is 8.99. The van der Waals surface area contributed by atoms with E-state index in [0.717, 1.165) is 28.1 Å². The molecule has 1 atom stereocenters. The lowest BCUT2D eigenvalue weighted by molar-refractivity contribution is -0.121. The second kappa shape index (κ2) is 10.5. The monoisotopic (exact) mass is 411 g/mol. The second-order valence-electron chi connectivity index (χ2n) is 5.73. The molecule has 7 heteroatoms. The molecule has 140 valence electrons. The number of aromatic nitrogens is 1. The van der Waals surface area contributed by atoms with Gasteiger partial charge in [-0.2, -0.15) is 0 Å². The Morgan fingerprint density at radius 1 is 1.19 bits per heavy atom. The van der Waals surface area contributed by atoms with E-state index in [2.05, 4.69) is 41.5 Å². The van der Waals surface area contributed by atoms with E-state index in [1.807, 2.05) is 23.6 Å². The van der Waals surface area contributed by atoms with Gasteiger partial charge in [0.25, 0.3) is 0 Å². The predicted octanol–water partition coefficient (Wildman–Crippen LogP) is 4.06. The first-order chi connectivity index (χ1) is 11.7. The number of halogens is 2. The summed E-state index contributed by atoms with van der Waals surface area (Å²) in [6.07, 6.45) is 1.19. The number of rotatable bonds is 6. The SMILES string of the molecule is CCc1nc(CC(=O)NC(CN)c2ccc3ccccc3c2)cs1.Cl.Cl. The van der Waals surface area contributed by atoms with Gasteiger partial charge in [-0.05, 0) is 28.8 Å². The van der Waals surface area contributed by atoms with Crippen LogP contribution in [0.5, 0.6) is 0 Å². The number of nitrogens with one attached hydrogen (secondary N) is 1. The zero-order chi connectivity index (χ0) is 16.9. The van der Waals surface area contributed by atoms with Crippen molar-refractivity contribution in [3.8, 4) is 0 Å². The lowest BCUT2D eigenvalue weighted by Gasteiger charge is -2.17. The highest BCUT2D eigenvalue weighted by molar-refractivity contribution is 7.09. The fraction of sp³-hybridized carbons (Fsp3) is 0.263. The maximum atomic E-state index is 12.3. The molecule has 2 aromatic carbocycles. The third-order valence-corrected chi connectivity index (χ3v) is 5.03. The quantitative estimate of drug-likeness (QED) is 0.642. The fourth-order valence-corrected chi connectivity index (χ4v) is 3.45. The molecule has 0 spiro atoms. The Morgan fingerprint density at radius 3 is 2.58 bits per heavy atom. The molecule has 0 aliphatic rings. The summed E-state index contributed by atoms with van der Waals surface area (Å²) in [6, 6.07) is 14.2. The number of fused-ring (bicyclic) bond motifs is 1. The minimum absolute atomic E-state index is 0. The summed E-state index contributed by atoms with van der Waals surface area (Å²) in [7, 11) is 0. The number of hydrogen-bond acceptors (Lipinski definition) is 4. The van der Waals surface area contributed by atoms with Crippen LogP contribution in [0.3, 0.4) is 0 Å². The summed E-state index contributed by atoms with van der Waals surface area (Å²) in [4.78, 5) is 16.8. The number of hydrogen-bond donors (Lipinski definition) is 2. The van der Waals surface area contributed by atoms with Crippen molar-refractivity contribution < 1.29 is 4.79 Å². The molecule has 4 nitrogen and oxygen atoms in total. The van der Waals surface area contributed by atoms with Gasteiger partial charge in [-0.15, -0.1) is 36.2 Å². The van der Waals surface area contributed by atoms with E-state index in [0.29, 0.717) is 13.0 Å². The molecule has 0 saturated heterocycles. The van der Waals surface area contributed by atoms with E-state index < -0.39 is 0 Å². The average molecular weight is 412 g/mol. The number of benzene rings is 2. The molecule has 0 radical (unpaired) electrons. The summed E-state index contributed by atoms with van der Waals surface area (Å²) < 4.78 is 0.